The first-order valence-electron chi connectivity index (χ1n) is 10.9. The lowest BCUT2D eigenvalue weighted by molar-refractivity contribution is 0.0204. The molecule has 0 aliphatic rings. The molecular weight excluding hydrogens is 528 g/mol. The van der Waals surface area contributed by atoms with Crippen molar-refractivity contribution in [3.8, 4) is 40.2 Å². The van der Waals surface area contributed by atoms with Gasteiger partial charge in [-0.3, -0.25) is 0 Å². The van der Waals surface area contributed by atoms with Crippen LogP contribution in [0.5, 0.6) is 40.2 Å². The second-order valence-electron chi connectivity index (χ2n) is 7.18. The molecule has 0 atom stereocenters. The van der Waals surface area contributed by atoms with Crippen LogP contribution in [0.3, 0.4) is 0 Å². The highest BCUT2D eigenvalue weighted by molar-refractivity contribution is 5.94. The van der Waals surface area contributed by atoms with E-state index in [1.807, 2.05) is 0 Å². The summed E-state index contributed by atoms with van der Waals surface area (Å²) in [7, 11) is 6.80. The van der Waals surface area contributed by atoms with Crippen molar-refractivity contribution in [1.29, 1.82) is 0 Å². The van der Waals surface area contributed by atoms with Gasteiger partial charge in [0.25, 0.3) is 0 Å². The van der Waals surface area contributed by atoms with Gasteiger partial charge in [-0.1, -0.05) is 0 Å². The van der Waals surface area contributed by atoms with E-state index >= 15 is 0 Å². The number of methoxy groups -OCH3 is 5. The Balaban J connectivity index is 2.86. The van der Waals surface area contributed by atoms with Crippen molar-refractivity contribution in [3.05, 3.63) is 29.3 Å². The average Bonchev–Trinajstić information content (AvgIpc) is 2.92. The van der Waals surface area contributed by atoms with E-state index < -0.39 is 23.3 Å². The van der Waals surface area contributed by atoms with Gasteiger partial charge in [0.15, 0.2) is 57.0 Å². The van der Waals surface area contributed by atoms with Gasteiger partial charge in [-0.05, 0) is 12.1 Å². The lowest BCUT2D eigenvalue weighted by Gasteiger charge is -2.22. The predicted molar refractivity (Wildman–Crippen MR) is 129 cm³/mol. The standard InChI is InChI=1S/C24H30O15/c1-29-9-34-16-6-14(23(25)26)7-18(20(16)36-11-31-3)39-19-15(24(27)28)8-17(35-10-30-2)21(37-12-32-4)22(19)38-13-33-5/h6-8H,9-13H2,1-5H3,(H,25,26)(H,27,28). The highest BCUT2D eigenvalue weighted by Crippen LogP contribution is 2.51. The van der Waals surface area contributed by atoms with E-state index in [4.69, 9.17) is 52.1 Å². The highest BCUT2D eigenvalue weighted by Gasteiger charge is 2.30. The molecule has 15 nitrogen and oxygen atoms in total. The lowest BCUT2D eigenvalue weighted by atomic mass is 10.1. The van der Waals surface area contributed by atoms with Crippen LogP contribution < -0.4 is 28.4 Å². The second kappa shape index (κ2) is 16.1. The Hall–Kier alpha value is -4.02. The van der Waals surface area contributed by atoms with Crippen molar-refractivity contribution in [3.63, 3.8) is 0 Å². The molecule has 15 heteroatoms. The van der Waals surface area contributed by atoms with Crippen LogP contribution >= 0.6 is 0 Å². The van der Waals surface area contributed by atoms with Gasteiger partial charge in [0.05, 0.1) is 5.56 Å². The zero-order chi connectivity index (χ0) is 28.8. The number of carboxylic acid groups (broad SMARTS) is 2. The highest BCUT2D eigenvalue weighted by atomic mass is 16.7. The third-order valence-electron chi connectivity index (χ3n) is 4.49. The predicted octanol–water partition coefficient (Wildman–Crippen LogP) is 2.79. The quantitative estimate of drug-likeness (QED) is 0.240. The van der Waals surface area contributed by atoms with E-state index in [-0.39, 0.29) is 74.0 Å². The summed E-state index contributed by atoms with van der Waals surface area (Å²) in [6, 6.07) is 3.39. The molecule has 2 aromatic rings. The van der Waals surface area contributed by atoms with Crippen LogP contribution in [0, 0.1) is 0 Å². The van der Waals surface area contributed by atoms with E-state index in [9.17, 15) is 19.8 Å². The largest absolute Gasteiger partial charge is 0.478 e. The van der Waals surface area contributed by atoms with Crippen molar-refractivity contribution >= 4 is 11.9 Å². The molecule has 0 aliphatic heterocycles. The number of benzene rings is 2. The Morgan fingerprint density at radius 3 is 1.46 bits per heavy atom. The molecular formula is C24H30O15. The van der Waals surface area contributed by atoms with Gasteiger partial charge in [0.2, 0.25) is 17.2 Å². The smallest absolute Gasteiger partial charge is 0.339 e. The zero-order valence-electron chi connectivity index (χ0n) is 22.0. The fourth-order valence-electron chi connectivity index (χ4n) is 2.97. The fraction of sp³-hybridized carbons (Fsp3) is 0.417. The van der Waals surface area contributed by atoms with Gasteiger partial charge in [0.1, 0.15) is 5.56 Å². The Morgan fingerprint density at radius 1 is 0.538 bits per heavy atom. The Morgan fingerprint density at radius 2 is 0.974 bits per heavy atom. The number of aromatic carboxylic acids is 2. The molecule has 39 heavy (non-hydrogen) atoms. The van der Waals surface area contributed by atoms with Crippen molar-refractivity contribution < 1.29 is 71.9 Å². The molecule has 2 N–H and O–H groups in total. The molecule has 0 aliphatic carbocycles. The first-order valence-corrected chi connectivity index (χ1v) is 10.9. The third-order valence-corrected chi connectivity index (χ3v) is 4.49. The van der Waals surface area contributed by atoms with Gasteiger partial charge in [-0.2, -0.15) is 0 Å². The molecule has 0 amide bonds. The maximum Gasteiger partial charge on any atom is 0.339 e. The number of hydrogen-bond acceptors (Lipinski definition) is 13. The average molecular weight is 558 g/mol. The SMILES string of the molecule is COCOc1cc(C(=O)O)cc(Oc2c(C(=O)O)cc(OCOC)c(OCOC)c2OCOC)c1OCOC. The van der Waals surface area contributed by atoms with Gasteiger partial charge < -0.3 is 62.3 Å². The maximum atomic E-state index is 12.3. The fourth-order valence-corrected chi connectivity index (χ4v) is 2.97. The molecule has 0 spiro atoms. The Bertz CT molecular complexity index is 1100. The second-order valence-corrected chi connectivity index (χ2v) is 7.18. The van der Waals surface area contributed by atoms with Crippen molar-refractivity contribution in [2.75, 3.05) is 69.5 Å². The summed E-state index contributed by atoms with van der Waals surface area (Å²) in [5.74, 6) is -4.11. The summed E-state index contributed by atoms with van der Waals surface area (Å²) < 4.78 is 58.6. The molecule has 0 bridgehead atoms. The molecule has 2 rings (SSSR count). The van der Waals surface area contributed by atoms with E-state index in [0.717, 1.165) is 12.1 Å². The number of carbonyl (C=O) groups is 2. The molecule has 0 saturated carbocycles. The normalized spacial score (nSPS) is 10.6. The summed E-state index contributed by atoms with van der Waals surface area (Å²) in [5.41, 5.74) is -0.720. The van der Waals surface area contributed by atoms with Crippen LogP contribution in [0.15, 0.2) is 18.2 Å². The molecule has 2 aromatic carbocycles. The van der Waals surface area contributed by atoms with Crippen molar-refractivity contribution in [1.82, 2.24) is 0 Å². The van der Waals surface area contributed by atoms with E-state index in [1.165, 1.54) is 41.6 Å². The monoisotopic (exact) mass is 558 g/mol. The lowest BCUT2D eigenvalue weighted by Crippen LogP contribution is -2.12. The minimum Gasteiger partial charge on any atom is -0.478 e. The third kappa shape index (κ3) is 8.49. The summed E-state index contributed by atoms with van der Waals surface area (Å²) in [5, 5.41) is 19.7. The van der Waals surface area contributed by atoms with Crippen LogP contribution in [0.2, 0.25) is 0 Å². The number of carboxylic acids is 2. The Labute approximate surface area is 223 Å². The van der Waals surface area contributed by atoms with Gasteiger partial charge in [-0.25, -0.2) is 9.59 Å². The van der Waals surface area contributed by atoms with E-state index in [2.05, 4.69) is 0 Å². The molecule has 0 heterocycles. The van der Waals surface area contributed by atoms with E-state index in [1.54, 1.807) is 0 Å². The maximum absolute atomic E-state index is 12.3. The number of rotatable bonds is 19. The van der Waals surface area contributed by atoms with Crippen LogP contribution in [0.4, 0.5) is 0 Å². The Kier molecular flexibility index (Phi) is 12.8. The van der Waals surface area contributed by atoms with Crippen molar-refractivity contribution in [2.45, 2.75) is 0 Å². The van der Waals surface area contributed by atoms with Gasteiger partial charge in [0, 0.05) is 41.6 Å². The van der Waals surface area contributed by atoms with Gasteiger partial charge in [-0.15, -0.1) is 0 Å². The van der Waals surface area contributed by atoms with Crippen LogP contribution in [-0.2, 0) is 23.7 Å². The summed E-state index contributed by atoms with van der Waals surface area (Å²) in [4.78, 5) is 24.2. The molecule has 216 valence electrons. The summed E-state index contributed by atoms with van der Waals surface area (Å²) >= 11 is 0. The minimum atomic E-state index is -1.45. The van der Waals surface area contributed by atoms with Gasteiger partial charge >= 0.3 is 11.9 Å². The first-order chi connectivity index (χ1) is 18.8. The molecule has 0 unspecified atom stereocenters. The summed E-state index contributed by atoms with van der Waals surface area (Å²) in [6.07, 6.45) is 0. The van der Waals surface area contributed by atoms with E-state index in [0.29, 0.717) is 0 Å². The molecule has 0 radical (unpaired) electrons. The number of ether oxygens (including phenoxy) is 11. The number of hydrogen-bond donors (Lipinski definition) is 2. The first kappa shape index (κ1) is 31.2. The summed E-state index contributed by atoms with van der Waals surface area (Å²) in [6.45, 7) is -1.48. The molecule has 0 fully saturated rings. The molecule has 0 saturated heterocycles. The van der Waals surface area contributed by atoms with Crippen molar-refractivity contribution in [2.24, 2.45) is 0 Å². The van der Waals surface area contributed by atoms with Crippen LogP contribution in [0.1, 0.15) is 20.7 Å². The van der Waals surface area contributed by atoms with Crippen LogP contribution in [-0.4, -0.2) is 91.7 Å². The van der Waals surface area contributed by atoms with Crippen LogP contribution in [0.25, 0.3) is 0 Å². The minimum absolute atomic E-state index is 0.0796. The zero-order valence-corrected chi connectivity index (χ0v) is 22.0. The topological polar surface area (TPSA) is 176 Å². The molecule has 0 aromatic heterocycles.